The molecule has 17 heavy (non-hydrogen) atoms. The van der Waals surface area contributed by atoms with Gasteiger partial charge in [-0.05, 0) is 52.2 Å². The third-order valence-corrected chi connectivity index (χ3v) is 5.29. The van der Waals surface area contributed by atoms with Crippen LogP contribution in [0.3, 0.4) is 0 Å². The van der Waals surface area contributed by atoms with Crippen LogP contribution in [0.15, 0.2) is 0 Å². The summed E-state index contributed by atoms with van der Waals surface area (Å²) in [5.74, 6) is 2.71. The van der Waals surface area contributed by atoms with E-state index in [2.05, 4.69) is 42.7 Å². The van der Waals surface area contributed by atoms with Gasteiger partial charge in [-0.15, -0.1) is 0 Å². The molecule has 0 aromatic heterocycles. The van der Waals surface area contributed by atoms with Crippen molar-refractivity contribution in [1.29, 1.82) is 0 Å². The number of rotatable bonds is 2. The van der Waals surface area contributed by atoms with E-state index in [1.54, 1.807) is 0 Å². The minimum Gasteiger partial charge on any atom is -0.310 e. The maximum Gasteiger partial charge on any atom is 0.0161 e. The fourth-order valence-corrected chi connectivity index (χ4v) is 4.01. The first-order valence-corrected chi connectivity index (χ1v) is 8.30. The number of hydrogen-bond acceptors (Lipinski definition) is 3. The van der Waals surface area contributed by atoms with Crippen LogP contribution in [-0.4, -0.2) is 47.1 Å². The molecular formula is C14H28N2S. The largest absolute Gasteiger partial charge is 0.310 e. The molecule has 2 aliphatic heterocycles. The zero-order chi connectivity index (χ0) is 12.3. The quantitative estimate of drug-likeness (QED) is 0.818. The normalized spacial score (nSPS) is 29.5. The number of nitrogens with zero attached hydrogens (tertiary/aromatic N) is 1. The molecule has 3 heteroatoms. The van der Waals surface area contributed by atoms with E-state index in [1.165, 1.54) is 50.3 Å². The monoisotopic (exact) mass is 256 g/mol. The molecule has 0 bridgehead atoms. The van der Waals surface area contributed by atoms with E-state index in [0.717, 1.165) is 12.1 Å². The maximum absolute atomic E-state index is 3.88. The van der Waals surface area contributed by atoms with Crippen molar-refractivity contribution in [2.75, 3.05) is 24.6 Å². The number of likely N-dealkylation sites (tertiary alicyclic amines) is 1. The molecule has 2 heterocycles. The number of hydrogen-bond donors (Lipinski definition) is 1. The lowest BCUT2D eigenvalue weighted by Gasteiger charge is -2.42. The molecule has 2 aliphatic rings. The predicted molar refractivity (Wildman–Crippen MR) is 77.8 cm³/mol. The molecule has 0 amide bonds. The lowest BCUT2D eigenvalue weighted by Crippen LogP contribution is -2.52. The molecule has 1 unspecified atom stereocenters. The van der Waals surface area contributed by atoms with Gasteiger partial charge in [-0.1, -0.05) is 0 Å². The van der Waals surface area contributed by atoms with Crippen molar-refractivity contribution in [3.8, 4) is 0 Å². The van der Waals surface area contributed by atoms with Gasteiger partial charge in [-0.25, -0.2) is 0 Å². The Bertz CT molecular complexity index is 223. The van der Waals surface area contributed by atoms with Gasteiger partial charge in [0.25, 0.3) is 0 Å². The maximum atomic E-state index is 3.88. The van der Waals surface area contributed by atoms with Crippen LogP contribution in [0, 0.1) is 0 Å². The van der Waals surface area contributed by atoms with E-state index < -0.39 is 0 Å². The van der Waals surface area contributed by atoms with Gasteiger partial charge in [0.15, 0.2) is 0 Å². The van der Waals surface area contributed by atoms with Crippen LogP contribution in [-0.2, 0) is 0 Å². The van der Waals surface area contributed by atoms with Crippen LogP contribution in [0.25, 0.3) is 0 Å². The summed E-state index contributed by atoms with van der Waals surface area (Å²) in [6, 6.07) is 1.57. The molecule has 0 aromatic carbocycles. The first kappa shape index (κ1) is 13.7. The third-order valence-electron chi connectivity index (χ3n) is 4.08. The zero-order valence-electron chi connectivity index (χ0n) is 11.7. The molecule has 1 N–H and O–H groups in total. The van der Waals surface area contributed by atoms with Gasteiger partial charge in [0.2, 0.25) is 0 Å². The van der Waals surface area contributed by atoms with Crippen LogP contribution in [0.1, 0.15) is 46.5 Å². The van der Waals surface area contributed by atoms with Crippen molar-refractivity contribution in [1.82, 2.24) is 10.2 Å². The second-order valence-corrected chi connectivity index (χ2v) is 7.66. The SMILES string of the molecule is CC(C)(C)N1CCC(NC2CCCSC2)CC1. The van der Waals surface area contributed by atoms with Crippen molar-refractivity contribution in [2.24, 2.45) is 0 Å². The second-order valence-electron chi connectivity index (χ2n) is 6.51. The molecule has 2 saturated heterocycles. The average molecular weight is 256 g/mol. The van der Waals surface area contributed by atoms with Gasteiger partial charge >= 0.3 is 0 Å². The van der Waals surface area contributed by atoms with Gasteiger partial charge in [0, 0.05) is 36.5 Å². The second kappa shape index (κ2) is 5.94. The topological polar surface area (TPSA) is 15.3 Å². The highest BCUT2D eigenvalue weighted by Gasteiger charge is 2.28. The van der Waals surface area contributed by atoms with Gasteiger partial charge < -0.3 is 5.32 Å². The van der Waals surface area contributed by atoms with Crippen molar-refractivity contribution >= 4 is 11.8 Å². The lowest BCUT2D eigenvalue weighted by atomic mass is 9.97. The summed E-state index contributed by atoms with van der Waals surface area (Å²) in [6.07, 6.45) is 5.46. The van der Waals surface area contributed by atoms with Gasteiger partial charge in [0.05, 0.1) is 0 Å². The summed E-state index contributed by atoms with van der Waals surface area (Å²) in [5.41, 5.74) is 0.353. The summed E-state index contributed by atoms with van der Waals surface area (Å²) in [4.78, 5) is 2.63. The number of nitrogens with one attached hydrogen (secondary N) is 1. The highest BCUT2D eigenvalue weighted by atomic mass is 32.2. The minimum absolute atomic E-state index is 0.353. The predicted octanol–water partition coefficient (Wildman–Crippen LogP) is 2.73. The van der Waals surface area contributed by atoms with Crippen molar-refractivity contribution in [2.45, 2.75) is 64.1 Å². The van der Waals surface area contributed by atoms with E-state index in [0.29, 0.717) is 5.54 Å². The van der Waals surface area contributed by atoms with Gasteiger partial charge in [0.1, 0.15) is 0 Å². The van der Waals surface area contributed by atoms with E-state index in [4.69, 9.17) is 0 Å². The Kier molecular flexibility index (Phi) is 4.79. The summed E-state index contributed by atoms with van der Waals surface area (Å²) in [7, 11) is 0. The zero-order valence-corrected chi connectivity index (χ0v) is 12.5. The molecule has 0 aliphatic carbocycles. The Morgan fingerprint density at radius 3 is 2.29 bits per heavy atom. The lowest BCUT2D eigenvalue weighted by molar-refractivity contribution is 0.0940. The number of thioether (sulfide) groups is 1. The molecule has 0 saturated carbocycles. The highest BCUT2D eigenvalue weighted by Crippen LogP contribution is 2.22. The standard InChI is InChI=1S/C14H28N2S/c1-14(2,3)16-8-6-12(7-9-16)15-13-5-4-10-17-11-13/h12-13,15H,4-11H2,1-3H3. The van der Waals surface area contributed by atoms with E-state index in [-0.39, 0.29) is 0 Å². The van der Waals surface area contributed by atoms with Gasteiger partial charge in [-0.2, -0.15) is 11.8 Å². The van der Waals surface area contributed by atoms with Crippen LogP contribution in [0.4, 0.5) is 0 Å². The van der Waals surface area contributed by atoms with Crippen LogP contribution < -0.4 is 5.32 Å². The Hall–Kier alpha value is 0.270. The molecule has 2 fully saturated rings. The fourth-order valence-electron chi connectivity index (χ4n) is 2.92. The van der Waals surface area contributed by atoms with Crippen molar-refractivity contribution in [3.05, 3.63) is 0 Å². The average Bonchev–Trinajstić information content (AvgIpc) is 2.30. The fraction of sp³-hybridized carbons (Fsp3) is 1.00. The van der Waals surface area contributed by atoms with Crippen LogP contribution in [0.5, 0.6) is 0 Å². The van der Waals surface area contributed by atoms with E-state index >= 15 is 0 Å². The molecule has 0 aromatic rings. The molecular weight excluding hydrogens is 228 g/mol. The molecule has 1 atom stereocenters. The van der Waals surface area contributed by atoms with E-state index in [9.17, 15) is 0 Å². The summed E-state index contributed by atoms with van der Waals surface area (Å²) in [6.45, 7) is 9.53. The van der Waals surface area contributed by atoms with Crippen molar-refractivity contribution in [3.63, 3.8) is 0 Å². The minimum atomic E-state index is 0.353. The first-order valence-electron chi connectivity index (χ1n) is 7.14. The Morgan fingerprint density at radius 1 is 1.06 bits per heavy atom. The van der Waals surface area contributed by atoms with Crippen LogP contribution in [0.2, 0.25) is 0 Å². The summed E-state index contributed by atoms with van der Waals surface area (Å²) < 4.78 is 0. The van der Waals surface area contributed by atoms with Crippen LogP contribution >= 0.6 is 11.8 Å². The third kappa shape index (κ3) is 4.15. The molecule has 0 spiro atoms. The molecule has 2 nitrogen and oxygen atoms in total. The first-order chi connectivity index (χ1) is 8.05. The van der Waals surface area contributed by atoms with Crippen molar-refractivity contribution < 1.29 is 0 Å². The van der Waals surface area contributed by atoms with E-state index in [1.807, 2.05) is 0 Å². The molecule has 2 rings (SSSR count). The Labute approximate surface area is 111 Å². The summed E-state index contributed by atoms with van der Waals surface area (Å²) in [5, 5.41) is 3.88. The Morgan fingerprint density at radius 2 is 1.76 bits per heavy atom. The smallest absolute Gasteiger partial charge is 0.0161 e. The molecule has 100 valence electrons. The number of piperidine rings is 1. The highest BCUT2D eigenvalue weighted by molar-refractivity contribution is 7.99. The Balaban J connectivity index is 1.71. The molecule has 0 radical (unpaired) electrons. The summed E-state index contributed by atoms with van der Waals surface area (Å²) >= 11 is 2.12. The van der Waals surface area contributed by atoms with Gasteiger partial charge in [-0.3, -0.25) is 4.90 Å².